The number of hydrogen-bond donors (Lipinski definition) is 2. The van der Waals surface area contributed by atoms with Crippen molar-refractivity contribution in [3.05, 3.63) is 219 Å². The third-order valence-electron chi connectivity index (χ3n) is 17.7. The number of nitrogens with zero attached hydrogens (tertiary/aromatic N) is 9. The zero-order valence-corrected chi connectivity index (χ0v) is 45.8. The minimum absolute atomic E-state index is 0.514. The lowest BCUT2D eigenvalue weighted by molar-refractivity contribution is 1.31. The van der Waals surface area contributed by atoms with Crippen molar-refractivity contribution < 1.29 is 0 Å². The van der Waals surface area contributed by atoms with Gasteiger partial charge in [0.15, 0.2) is 0 Å². The number of aliphatic imine (C=N–C) groups is 1. The van der Waals surface area contributed by atoms with E-state index in [2.05, 4.69) is 173 Å². The number of rotatable bonds is 3. The highest BCUT2D eigenvalue weighted by molar-refractivity contribution is 6.33. The molecule has 4 aliphatic heterocycles. The van der Waals surface area contributed by atoms with Gasteiger partial charge >= 0.3 is 0 Å². The molecule has 0 saturated carbocycles. The van der Waals surface area contributed by atoms with Crippen LogP contribution in [-0.2, 0) is 0 Å². The number of terminal acetylenes is 3. The molecule has 0 unspecified atom stereocenters. The lowest BCUT2D eigenvalue weighted by Gasteiger charge is -2.13. The van der Waals surface area contributed by atoms with Crippen LogP contribution < -0.4 is 10.4 Å². The Hall–Kier alpha value is -12.5. The monoisotopic (exact) mass is 1100 g/mol. The summed E-state index contributed by atoms with van der Waals surface area (Å²) in [5.74, 6) is 8.37. The molecule has 0 saturated heterocycles. The Morgan fingerprint density at radius 2 is 0.713 bits per heavy atom. The molecule has 396 valence electrons. The zero-order chi connectivity index (χ0) is 57.3. The predicted molar refractivity (Wildman–Crippen MR) is 352 cm³/mol. The van der Waals surface area contributed by atoms with Gasteiger partial charge in [-0.05, 0) is 162 Å². The summed E-state index contributed by atoms with van der Waals surface area (Å²) in [4.78, 5) is 59.2. The average Bonchev–Trinajstić information content (AvgIpc) is 1.30. The molecule has 1 aliphatic carbocycles. The fourth-order valence-corrected chi connectivity index (χ4v) is 13.5. The number of aromatic nitrogens is 10. The van der Waals surface area contributed by atoms with Crippen molar-refractivity contribution in [2.75, 3.05) is 0 Å². The van der Waals surface area contributed by atoms with Gasteiger partial charge in [0.1, 0.15) is 33.1 Å². The lowest BCUT2D eigenvalue weighted by atomic mass is 9.93. The van der Waals surface area contributed by atoms with Crippen LogP contribution in [0, 0.1) is 37.0 Å². The Balaban J connectivity index is 1.07. The molecule has 0 radical (unpaired) electrons. The van der Waals surface area contributed by atoms with Crippen LogP contribution in [0.5, 0.6) is 0 Å². The van der Waals surface area contributed by atoms with E-state index in [1.807, 2.05) is 36.4 Å². The summed E-state index contributed by atoms with van der Waals surface area (Å²) < 4.78 is 0. The highest BCUT2D eigenvalue weighted by Crippen LogP contribution is 2.42. The highest BCUT2D eigenvalue weighted by Gasteiger charge is 2.27. The molecule has 0 atom stereocenters. The zero-order valence-electron chi connectivity index (χ0n) is 45.8. The van der Waals surface area contributed by atoms with E-state index in [-0.39, 0.29) is 0 Å². The topological polar surface area (TPSA) is 147 Å². The summed E-state index contributed by atoms with van der Waals surface area (Å²) in [6, 6.07) is 45.3. The molecule has 87 heavy (non-hydrogen) atoms. The third kappa shape index (κ3) is 6.72. The standard InChI is InChI=1S/C76H37N11/c1-4-38-7-13-41(14-8-38)62-45-20-19-44(37-45)46-21-22-47-53-28-33-58(78-53)63(42-15-9-39(5-2)10-16-42)59-34-30-55(80-59)50-25-26-51-56-31-36-61(81-56)64(43-17-11-40(6-3)12-18-43)60-35-29-54(79-60)49-24-23-48(52-27-32-57(62)77-52)67-68(49)86-75-73(84-67)71-72(83-66(47)65(46)82-71)74-76(75)87-70(51)69(50)85-74/h1-3,7-36,79-80H,37H2. The molecule has 24 bridgehead atoms. The van der Waals surface area contributed by atoms with Crippen LogP contribution in [-0.4, -0.2) is 55.6 Å². The van der Waals surface area contributed by atoms with Crippen molar-refractivity contribution in [1.82, 2.24) is 49.8 Å². The summed E-state index contributed by atoms with van der Waals surface area (Å²) in [7, 11) is 0. The largest absolute Gasteiger partial charge is 0.354 e. The highest BCUT2D eigenvalue weighted by atomic mass is 14.9. The fourth-order valence-electron chi connectivity index (χ4n) is 13.5. The predicted octanol–water partition coefficient (Wildman–Crippen LogP) is 14.1. The maximum atomic E-state index is 5.92. The van der Waals surface area contributed by atoms with E-state index in [1.54, 1.807) is 0 Å². The van der Waals surface area contributed by atoms with E-state index < -0.39 is 0 Å². The smallest absolute Gasteiger partial charge is 0.120 e. The second-order valence-electron chi connectivity index (χ2n) is 22.4. The lowest BCUT2D eigenvalue weighted by Crippen LogP contribution is -2.11. The number of benzene rings is 7. The second kappa shape index (κ2) is 17.3. The quantitative estimate of drug-likeness (QED) is 0.101. The first-order valence-corrected chi connectivity index (χ1v) is 28.5. The molecule has 2 N–H and O–H groups in total. The average molecular weight is 1100 g/mol. The number of fused-ring (bicyclic) bond motifs is 15. The van der Waals surface area contributed by atoms with E-state index >= 15 is 0 Å². The van der Waals surface area contributed by atoms with Gasteiger partial charge in [0.25, 0.3) is 0 Å². The first-order chi connectivity index (χ1) is 42.9. The Bertz CT molecular complexity index is 6260. The van der Waals surface area contributed by atoms with Crippen molar-refractivity contribution in [1.29, 1.82) is 0 Å². The van der Waals surface area contributed by atoms with E-state index in [4.69, 9.17) is 64.1 Å². The summed E-state index contributed by atoms with van der Waals surface area (Å²) in [5.41, 5.74) is 25.0. The van der Waals surface area contributed by atoms with E-state index in [1.165, 1.54) is 0 Å². The molecule has 0 amide bonds. The number of H-pyrrole nitrogens is 2. The van der Waals surface area contributed by atoms with Gasteiger partial charge in [-0.15, -0.1) is 19.3 Å². The number of nitrogens with one attached hydrogen (secondary N) is 2. The molecule has 11 heterocycles. The Morgan fingerprint density at radius 3 is 1.25 bits per heavy atom. The normalized spacial score (nSPS) is 14.1. The first-order valence-electron chi connectivity index (χ1n) is 28.5. The van der Waals surface area contributed by atoms with Crippen LogP contribution in [0.3, 0.4) is 0 Å². The van der Waals surface area contributed by atoms with Crippen LogP contribution in [0.2, 0.25) is 0 Å². The van der Waals surface area contributed by atoms with Gasteiger partial charge in [0.2, 0.25) is 0 Å². The van der Waals surface area contributed by atoms with Crippen molar-refractivity contribution in [3.63, 3.8) is 0 Å². The molecule has 7 aromatic heterocycles. The Morgan fingerprint density at radius 1 is 0.310 bits per heavy atom. The summed E-state index contributed by atoms with van der Waals surface area (Å²) in [6.45, 7) is 0. The SMILES string of the molecule is C#Cc1ccc(C2=C3C=CC(=c4ccc5c6nc(c(-c7ccc(C#C)cc7)c7ccc([nH]7)c7ccc8c9nc(c(-c%10ccc(C#C)cc%10)c%10ccc([nH]%10)c%10ccc(c%11nc%12c%13nc4c5nc%13c4nc7c8nc4c%12nc%11%10)=C4C=CC2=N4)C=C9)C=C6)C3)cc1. The van der Waals surface area contributed by atoms with Crippen LogP contribution in [0.25, 0.3) is 173 Å². The van der Waals surface area contributed by atoms with Crippen molar-refractivity contribution in [2.45, 2.75) is 6.42 Å². The van der Waals surface area contributed by atoms with Crippen LogP contribution in [0.1, 0.15) is 51.5 Å². The number of aromatic amines is 2. The number of allylic oxidation sites excluding steroid dienone is 5. The third-order valence-corrected chi connectivity index (χ3v) is 17.7. The molecule has 14 aromatic rings. The first kappa shape index (κ1) is 47.0. The van der Waals surface area contributed by atoms with Gasteiger partial charge in [-0.1, -0.05) is 72.4 Å². The molecule has 11 heteroatoms. The van der Waals surface area contributed by atoms with Gasteiger partial charge in [0, 0.05) is 87.4 Å². The van der Waals surface area contributed by atoms with Crippen LogP contribution in [0.15, 0.2) is 168 Å². The van der Waals surface area contributed by atoms with E-state index in [0.717, 1.165) is 144 Å². The minimum atomic E-state index is 0.514. The summed E-state index contributed by atoms with van der Waals surface area (Å²) >= 11 is 0. The Kier molecular flexibility index (Phi) is 9.35. The van der Waals surface area contributed by atoms with Gasteiger partial charge in [0.05, 0.1) is 67.3 Å². The molecule has 0 spiro atoms. The van der Waals surface area contributed by atoms with Crippen LogP contribution >= 0.6 is 0 Å². The van der Waals surface area contributed by atoms with E-state index in [9.17, 15) is 0 Å². The maximum Gasteiger partial charge on any atom is 0.120 e. The molecular formula is C76H37N11. The van der Waals surface area contributed by atoms with Gasteiger partial charge < -0.3 is 9.97 Å². The maximum absolute atomic E-state index is 5.92. The van der Waals surface area contributed by atoms with Crippen molar-refractivity contribution in [3.8, 4) is 59.3 Å². The van der Waals surface area contributed by atoms with Crippen molar-refractivity contribution in [2.24, 2.45) is 4.99 Å². The Labute approximate surface area is 493 Å². The van der Waals surface area contributed by atoms with Gasteiger partial charge in [-0.2, -0.15) is 0 Å². The minimum Gasteiger partial charge on any atom is -0.354 e. The molecule has 11 nitrogen and oxygen atoms in total. The van der Waals surface area contributed by atoms with Gasteiger partial charge in [-0.25, -0.2) is 44.9 Å². The molecule has 0 fully saturated rings. The molecule has 19 rings (SSSR count). The number of hydrogen-bond acceptors (Lipinski definition) is 9. The fraction of sp³-hybridized carbons (Fsp3) is 0.0132. The van der Waals surface area contributed by atoms with Crippen LogP contribution in [0.4, 0.5) is 0 Å². The van der Waals surface area contributed by atoms with Crippen molar-refractivity contribution >= 4 is 157 Å². The second-order valence-corrected chi connectivity index (χ2v) is 22.4. The van der Waals surface area contributed by atoms with E-state index in [0.29, 0.717) is 78.3 Å². The molecular weight excluding hydrogens is 1070 g/mol. The summed E-state index contributed by atoms with van der Waals surface area (Å²) in [5, 5.41) is 4.94. The molecule has 7 aromatic carbocycles. The van der Waals surface area contributed by atoms with Gasteiger partial charge in [-0.3, -0.25) is 0 Å². The summed E-state index contributed by atoms with van der Waals surface area (Å²) in [6.07, 6.45) is 35.2. The molecule has 5 aliphatic rings.